The SMILES string of the molecule is NCCCOC1CCN(C(=O)c2ccoc2Br)CC1. The van der Waals surface area contributed by atoms with Gasteiger partial charge in [-0.2, -0.15) is 0 Å². The Morgan fingerprint density at radius 1 is 1.53 bits per heavy atom. The number of ether oxygens (including phenoxy) is 1. The predicted octanol–water partition coefficient (Wildman–Crippen LogP) is 2.01. The first-order valence-corrected chi connectivity index (χ1v) is 7.35. The van der Waals surface area contributed by atoms with Gasteiger partial charge in [0.15, 0.2) is 4.67 Å². The molecular weight excluding hydrogens is 312 g/mol. The highest BCUT2D eigenvalue weighted by molar-refractivity contribution is 9.10. The summed E-state index contributed by atoms with van der Waals surface area (Å²) in [7, 11) is 0. The summed E-state index contributed by atoms with van der Waals surface area (Å²) in [6.07, 6.45) is 4.42. The molecule has 2 heterocycles. The number of nitrogens with zero attached hydrogens (tertiary/aromatic N) is 1. The third-order valence-corrected chi connectivity index (χ3v) is 3.89. The molecular formula is C13H19BrN2O3. The first kappa shape index (κ1) is 14.6. The third kappa shape index (κ3) is 3.81. The van der Waals surface area contributed by atoms with Crippen LogP contribution < -0.4 is 5.73 Å². The molecule has 0 saturated carbocycles. The van der Waals surface area contributed by atoms with E-state index in [4.69, 9.17) is 14.9 Å². The highest BCUT2D eigenvalue weighted by atomic mass is 79.9. The van der Waals surface area contributed by atoms with E-state index < -0.39 is 0 Å². The van der Waals surface area contributed by atoms with E-state index in [1.165, 1.54) is 6.26 Å². The summed E-state index contributed by atoms with van der Waals surface area (Å²) >= 11 is 3.24. The van der Waals surface area contributed by atoms with Crippen LogP contribution in [0.4, 0.5) is 0 Å². The second-order valence-corrected chi connectivity index (χ2v) is 5.33. The van der Waals surface area contributed by atoms with Gasteiger partial charge < -0.3 is 19.8 Å². The molecule has 2 rings (SSSR count). The fourth-order valence-corrected chi connectivity index (χ4v) is 2.59. The molecule has 0 aliphatic carbocycles. The smallest absolute Gasteiger partial charge is 0.258 e. The van der Waals surface area contributed by atoms with E-state index >= 15 is 0 Å². The van der Waals surface area contributed by atoms with Crippen LogP contribution in [0.5, 0.6) is 0 Å². The van der Waals surface area contributed by atoms with Crippen molar-refractivity contribution in [2.24, 2.45) is 5.73 Å². The minimum Gasteiger partial charge on any atom is -0.457 e. The molecule has 1 saturated heterocycles. The Morgan fingerprint density at radius 3 is 2.84 bits per heavy atom. The topological polar surface area (TPSA) is 68.7 Å². The molecule has 0 spiro atoms. The standard InChI is InChI=1S/C13H19BrN2O3/c14-12-11(4-9-19-12)13(17)16-6-2-10(3-7-16)18-8-1-5-15/h4,9-10H,1-3,5-8,15H2. The van der Waals surface area contributed by atoms with Crippen molar-refractivity contribution in [3.8, 4) is 0 Å². The lowest BCUT2D eigenvalue weighted by molar-refractivity contribution is 0.00840. The van der Waals surface area contributed by atoms with Crippen LogP contribution in [-0.4, -0.2) is 43.2 Å². The minimum atomic E-state index is 0.0148. The zero-order chi connectivity index (χ0) is 13.7. The van der Waals surface area contributed by atoms with Crippen molar-refractivity contribution < 1.29 is 13.9 Å². The average molecular weight is 331 g/mol. The maximum absolute atomic E-state index is 12.2. The number of furan rings is 1. The lowest BCUT2D eigenvalue weighted by Gasteiger charge is -2.31. The molecule has 19 heavy (non-hydrogen) atoms. The number of carbonyl (C=O) groups is 1. The van der Waals surface area contributed by atoms with E-state index in [9.17, 15) is 4.79 Å². The van der Waals surface area contributed by atoms with E-state index in [-0.39, 0.29) is 12.0 Å². The lowest BCUT2D eigenvalue weighted by Crippen LogP contribution is -2.41. The number of amides is 1. The van der Waals surface area contributed by atoms with Gasteiger partial charge in [0.2, 0.25) is 0 Å². The van der Waals surface area contributed by atoms with Gasteiger partial charge in [0.25, 0.3) is 5.91 Å². The first-order chi connectivity index (χ1) is 9.22. The summed E-state index contributed by atoms with van der Waals surface area (Å²) in [4.78, 5) is 14.1. The predicted molar refractivity (Wildman–Crippen MR) is 75.0 cm³/mol. The van der Waals surface area contributed by atoms with Gasteiger partial charge in [0.05, 0.1) is 17.9 Å². The number of carbonyl (C=O) groups excluding carboxylic acids is 1. The van der Waals surface area contributed by atoms with E-state index in [0.29, 0.717) is 23.4 Å². The highest BCUT2D eigenvalue weighted by Gasteiger charge is 2.25. The number of halogens is 1. The molecule has 1 fully saturated rings. The number of nitrogens with two attached hydrogens (primary N) is 1. The van der Waals surface area contributed by atoms with E-state index in [0.717, 1.165) is 32.4 Å². The quantitative estimate of drug-likeness (QED) is 0.838. The van der Waals surface area contributed by atoms with Gasteiger partial charge in [-0.1, -0.05) is 0 Å². The zero-order valence-corrected chi connectivity index (χ0v) is 12.4. The maximum Gasteiger partial charge on any atom is 0.258 e. The number of hydrogen-bond donors (Lipinski definition) is 1. The summed E-state index contributed by atoms with van der Waals surface area (Å²) in [5.74, 6) is 0.0148. The van der Waals surface area contributed by atoms with Crippen molar-refractivity contribution >= 4 is 21.8 Å². The molecule has 2 N–H and O–H groups in total. The zero-order valence-electron chi connectivity index (χ0n) is 10.8. The van der Waals surface area contributed by atoms with Crippen molar-refractivity contribution in [3.05, 3.63) is 22.6 Å². The summed E-state index contributed by atoms with van der Waals surface area (Å²) in [5.41, 5.74) is 6.01. The second-order valence-electron chi connectivity index (χ2n) is 4.61. The lowest BCUT2D eigenvalue weighted by atomic mass is 10.1. The molecule has 6 heteroatoms. The van der Waals surface area contributed by atoms with Crippen molar-refractivity contribution in [3.63, 3.8) is 0 Å². The molecule has 0 bridgehead atoms. The summed E-state index contributed by atoms with van der Waals surface area (Å²) < 4.78 is 11.3. The van der Waals surface area contributed by atoms with Gasteiger partial charge >= 0.3 is 0 Å². The molecule has 1 aliphatic rings. The van der Waals surface area contributed by atoms with Crippen LogP contribution in [-0.2, 0) is 4.74 Å². The van der Waals surface area contributed by atoms with Crippen LogP contribution >= 0.6 is 15.9 Å². The minimum absolute atomic E-state index is 0.0148. The number of likely N-dealkylation sites (tertiary alicyclic amines) is 1. The Kier molecular flexibility index (Phi) is 5.42. The van der Waals surface area contributed by atoms with E-state index in [1.54, 1.807) is 6.07 Å². The maximum atomic E-state index is 12.2. The van der Waals surface area contributed by atoms with Gasteiger partial charge in [-0.25, -0.2) is 0 Å². The summed E-state index contributed by atoms with van der Waals surface area (Å²) in [6.45, 7) is 2.82. The average Bonchev–Trinajstić information content (AvgIpc) is 2.85. The van der Waals surface area contributed by atoms with Crippen LogP contribution in [0.3, 0.4) is 0 Å². The normalized spacial score (nSPS) is 16.8. The Hall–Kier alpha value is -0.850. The van der Waals surface area contributed by atoms with Gasteiger partial charge in [-0.15, -0.1) is 0 Å². The van der Waals surface area contributed by atoms with Crippen LogP contribution in [0.2, 0.25) is 0 Å². The highest BCUT2D eigenvalue weighted by Crippen LogP contribution is 2.22. The van der Waals surface area contributed by atoms with Gasteiger partial charge in [-0.3, -0.25) is 4.79 Å². The molecule has 0 radical (unpaired) electrons. The van der Waals surface area contributed by atoms with Crippen LogP contribution in [0.15, 0.2) is 21.4 Å². The van der Waals surface area contributed by atoms with Crippen LogP contribution in [0.25, 0.3) is 0 Å². The molecule has 1 amide bonds. The van der Waals surface area contributed by atoms with E-state index in [1.807, 2.05) is 4.90 Å². The van der Waals surface area contributed by atoms with Crippen molar-refractivity contribution in [1.82, 2.24) is 4.90 Å². The molecule has 0 unspecified atom stereocenters. The molecule has 5 nitrogen and oxygen atoms in total. The Morgan fingerprint density at radius 2 is 2.26 bits per heavy atom. The summed E-state index contributed by atoms with van der Waals surface area (Å²) in [5, 5.41) is 0. The van der Waals surface area contributed by atoms with Crippen molar-refractivity contribution in [1.29, 1.82) is 0 Å². The largest absolute Gasteiger partial charge is 0.457 e. The van der Waals surface area contributed by atoms with Gasteiger partial charge in [-0.05, 0) is 47.8 Å². The Bertz CT molecular complexity index is 414. The van der Waals surface area contributed by atoms with Gasteiger partial charge in [0.1, 0.15) is 0 Å². The van der Waals surface area contributed by atoms with Crippen LogP contribution in [0.1, 0.15) is 29.6 Å². The first-order valence-electron chi connectivity index (χ1n) is 6.56. The molecule has 1 aromatic rings. The third-order valence-electron chi connectivity index (χ3n) is 3.28. The fourth-order valence-electron chi connectivity index (χ4n) is 2.18. The number of piperidine rings is 1. The number of hydrogen-bond acceptors (Lipinski definition) is 4. The van der Waals surface area contributed by atoms with E-state index in [2.05, 4.69) is 15.9 Å². The fraction of sp³-hybridized carbons (Fsp3) is 0.615. The molecule has 0 aromatic carbocycles. The van der Waals surface area contributed by atoms with Crippen molar-refractivity contribution in [2.75, 3.05) is 26.2 Å². The summed E-state index contributed by atoms with van der Waals surface area (Å²) in [6, 6.07) is 1.69. The molecule has 1 aromatic heterocycles. The monoisotopic (exact) mass is 330 g/mol. The Labute approximate surface area is 121 Å². The Balaban J connectivity index is 1.80. The second kappa shape index (κ2) is 7.07. The number of rotatable bonds is 5. The van der Waals surface area contributed by atoms with Crippen molar-refractivity contribution in [2.45, 2.75) is 25.4 Å². The molecule has 106 valence electrons. The molecule has 1 aliphatic heterocycles. The van der Waals surface area contributed by atoms with Gasteiger partial charge in [0, 0.05) is 19.7 Å². The van der Waals surface area contributed by atoms with Crippen LogP contribution in [0, 0.1) is 0 Å². The molecule has 0 atom stereocenters.